The zero-order valence-electron chi connectivity index (χ0n) is 10.9. The lowest BCUT2D eigenvalue weighted by Crippen LogP contribution is -2.14. The van der Waals surface area contributed by atoms with Gasteiger partial charge in [-0.05, 0) is 13.0 Å². The summed E-state index contributed by atoms with van der Waals surface area (Å²) in [6, 6.07) is 3.09. The van der Waals surface area contributed by atoms with Gasteiger partial charge < -0.3 is 15.9 Å². The van der Waals surface area contributed by atoms with Gasteiger partial charge in [0.2, 0.25) is 0 Å². The predicted octanol–water partition coefficient (Wildman–Crippen LogP) is -0.417. The molecule has 0 atom stereocenters. The highest BCUT2D eigenvalue weighted by Crippen LogP contribution is 2.11. The minimum atomic E-state index is -0.607. The highest BCUT2D eigenvalue weighted by Gasteiger charge is 2.10. The maximum atomic E-state index is 11.0. The lowest BCUT2D eigenvalue weighted by molar-refractivity contribution is 0.0995. The van der Waals surface area contributed by atoms with Gasteiger partial charge in [0.05, 0.1) is 0 Å². The largest absolute Gasteiger partial charge is 0.374 e. The second-order valence-electron chi connectivity index (χ2n) is 3.82. The fraction of sp³-hybridized carbons (Fsp3) is 0.273. The number of primary amides is 1. The zero-order chi connectivity index (χ0) is 14.5. The minimum absolute atomic E-state index is 0.150. The number of nitrogens with one attached hydrogen (secondary N) is 1. The first kappa shape index (κ1) is 13.9. The molecule has 0 saturated carbocycles. The van der Waals surface area contributed by atoms with E-state index in [0.29, 0.717) is 24.1 Å². The van der Waals surface area contributed by atoms with E-state index in [1.54, 1.807) is 12.3 Å². The van der Waals surface area contributed by atoms with E-state index in [-0.39, 0.29) is 12.3 Å². The normalized spacial score (nSPS) is 10.5. The SMILES string of the molecule is CCOCc1nc(NN)cc(-n2ccc(C(N)=O)n2)n1. The first-order valence-corrected chi connectivity index (χ1v) is 5.92. The van der Waals surface area contributed by atoms with Gasteiger partial charge in [0.25, 0.3) is 5.91 Å². The number of nitrogen functional groups attached to an aromatic ring is 1. The molecule has 2 aromatic heterocycles. The molecule has 0 saturated heterocycles. The van der Waals surface area contributed by atoms with Gasteiger partial charge in [-0.25, -0.2) is 20.5 Å². The molecule has 0 aliphatic rings. The van der Waals surface area contributed by atoms with E-state index < -0.39 is 5.91 Å². The van der Waals surface area contributed by atoms with Crippen LogP contribution in [0.15, 0.2) is 18.3 Å². The fourth-order valence-electron chi connectivity index (χ4n) is 1.52. The molecule has 0 unspecified atom stereocenters. The fourth-order valence-corrected chi connectivity index (χ4v) is 1.52. The summed E-state index contributed by atoms with van der Waals surface area (Å²) in [6.45, 7) is 2.67. The molecule has 2 aromatic rings. The number of aromatic nitrogens is 4. The Morgan fingerprint density at radius 1 is 1.50 bits per heavy atom. The van der Waals surface area contributed by atoms with Crippen LogP contribution in [-0.4, -0.2) is 32.3 Å². The summed E-state index contributed by atoms with van der Waals surface area (Å²) in [5.41, 5.74) is 7.75. The van der Waals surface area contributed by atoms with Gasteiger partial charge in [-0.2, -0.15) is 5.10 Å². The van der Waals surface area contributed by atoms with Crippen LogP contribution < -0.4 is 17.0 Å². The Kier molecular flexibility index (Phi) is 4.23. The third-order valence-corrected chi connectivity index (χ3v) is 2.42. The van der Waals surface area contributed by atoms with Crippen molar-refractivity contribution in [3.05, 3.63) is 29.8 Å². The molecule has 9 nitrogen and oxygen atoms in total. The molecule has 0 spiro atoms. The standard InChI is InChI=1S/C11H15N7O2/c1-2-20-6-9-14-8(16-13)5-10(15-9)18-4-3-7(17-18)11(12)19/h3-5H,2,6,13H2,1H3,(H2,12,19)(H,14,15,16). The average Bonchev–Trinajstić information content (AvgIpc) is 2.94. The van der Waals surface area contributed by atoms with Gasteiger partial charge in [0, 0.05) is 18.9 Å². The Bertz CT molecular complexity index is 611. The number of nitrogens with zero attached hydrogens (tertiary/aromatic N) is 4. The maximum Gasteiger partial charge on any atom is 0.269 e. The minimum Gasteiger partial charge on any atom is -0.374 e. The highest BCUT2D eigenvalue weighted by atomic mass is 16.5. The molecule has 106 valence electrons. The van der Waals surface area contributed by atoms with Gasteiger partial charge in [0.15, 0.2) is 11.6 Å². The van der Waals surface area contributed by atoms with Crippen molar-refractivity contribution in [2.24, 2.45) is 11.6 Å². The molecule has 1 amide bonds. The number of hydrogen-bond donors (Lipinski definition) is 3. The summed E-state index contributed by atoms with van der Waals surface area (Å²) in [6.07, 6.45) is 1.58. The van der Waals surface area contributed by atoms with E-state index in [9.17, 15) is 4.79 Å². The number of hydrogen-bond acceptors (Lipinski definition) is 7. The van der Waals surface area contributed by atoms with Crippen molar-refractivity contribution in [3.8, 4) is 5.82 Å². The van der Waals surface area contributed by atoms with E-state index in [1.165, 1.54) is 10.7 Å². The van der Waals surface area contributed by atoms with Crippen molar-refractivity contribution in [1.82, 2.24) is 19.7 Å². The first-order chi connectivity index (χ1) is 9.63. The smallest absolute Gasteiger partial charge is 0.269 e. The van der Waals surface area contributed by atoms with E-state index in [1.807, 2.05) is 6.92 Å². The summed E-state index contributed by atoms with van der Waals surface area (Å²) in [5, 5.41) is 4.02. The number of carbonyl (C=O) groups is 1. The quantitative estimate of drug-likeness (QED) is 0.482. The average molecular weight is 277 g/mol. The van der Waals surface area contributed by atoms with Crippen LogP contribution in [0.5, 0.6) is 0 Å². The number of hydrazine groups is 1. The Morgan fingerprint density at radius 3 is 2.90 bits per heavy atom. The molecule has 0 aromatic carbocycles. The van der Waals surface area contributed by atoms with Crippen LogP contribution in [0, 0.1) is 0 Å². The Morgan fingerprint density at radius 2 is 2.30 bits per heavy atom. The summed E-state index contributed by atoms with van der Waals surface area (Å²) in [5.74, 6) is 6.08. The van der Waals surface area contributed by atoms with Crippen LogP contribution in [0.25, 0.3) is 5.82 Å². The van der Waals surface area contributed by atoms with E-state index in [0.717, 1.165) is 0 Å². The summed E-state index contributed by atoms with van der Waals surface area (Å²) in [4.78, 5) is 19.5. The maximum absolute atomic E-state index is 11.0. The number of carbonyl (C=O) groups excluding carboxylic acids is 1. The molecule has 2 heterocycles. The van der Waals surface area contributed by atoms with Crippen LogP contribution in [0.1, 0.15) is 23.2 Å². The zero-order valence-corrected chi connectivity index (χ0v) is 10.9. The van der Waals surface area contributed by atoms with Crippen LogP contribution in [0.3, 0.4) is 0 Å². The molecule has 0 bridgehead atoms. The Balaban J connectivity index is 2.35. The second kappa shape index (κ2) is 6.08. The van der Waals surface area contributed by atoms with Gasteiger partial charge in [0.1, 0.15) is 18.1 Å². The molecular weight excluding hydrogens is 262 g/mol. The molecule has 0 fully saturated rings. The van der Waals surface area contributed by atoms with Crippen LogP contribution >= 0.6 is 0 Å². The lowest BCUT2D eigenvalue weighted by Gasteiger charge is -2.07. The molecule has 5 N–H and O–H groups in total. The number of nitrogens with two attached hydrogens (primary N) is 2. The van der Waals surface area contributed by atoms with Crippen molar-refractivity contribution >= 4 is 11.7 Å². The molecule has 0 aliphatic heterocycles. The Labute approximate surface area is 114 Å². The van der Waals surface area contributed by atoms with E-state index in [4.69, 9.17) is 16.3 Å². The summed E-state index contributed by atoms with van der Waals surface area (Å²) >= 11 is 0. The van der Waals surface area contributed by atoms with Crippen molar-refractivity contribution in [1.29, 1.82) is 0 Å². The predicted molar refractivity (Wildman–Crippen MR) is 70.8 cm³/mol. The van der Waals surface area contributed by atoms with Crippen molar-refractivity contribution in [2.45, 2.75) is 13.5 Å². The van der Waals surface area contributed by atoms with Crippen molar-refractivity contribution in [2.75, 3.05) is 12.0 Å². The van der Waals surface area contributed by atoms with Crippen molar-refractivity contribution < 1.29 is 9.53 Å². The number of ether oxygens (including phenoxy) is 1. The topological polar surface area (TPSA) is 134 Å². The third kappa shape index (κ3) is 3.08. The van der Waals surface area contributed by atoms with Gasteiger partial charge in [-0.15, -0.1) is 0 Å². The molecule has 0 radical (unpaired) electrons. The number of anilines is 1. The number of rotatable bonds is 6. The Hall–Kier alpha value is -2.52. The van der Waals surface area contributed by atoms with Gasteiger partial charge >= 0.3 is 0 Å². The molecule has 20 heavy (non-hydrogen) atoms. The molecule has 0 aliphatic carbocycles. The van der Waals surface area contributed by atoms with Gasteiger partial charge in [-0.3, -0.25) is 4.79 Å². The second-order valence-corrected chi connectivity index (χ2v) is 3.82. The van der Waals surface area contributed by atoms with Crippen molar-refractivity contribution in [3.63, 3.8) is 0 Å². The lowest BCUT2D eigenvalue weighted by atomic mass is 10.4. The van der Waals surface area contributed by atoms with E-state index in [2.05, 4.69) is 20.5 Å². The molecule has 2 rings (SSSR count). The molecule has 9 heteroatoms. The van der Waals surface area contributed by atoms with Crippen LogP contribution in [-0.2, 0) is 11.3 Å². The summed E-state index contributed by atoms with van der Waals surface area (Å²) in [7, 11) is 0. The summed E-state index contributed by atoms with van der Waals surface area (Å²) < 4.78 is 6.67. The monoisotopic (exact) mass is 277 g/mol. The first-order valence-electron chi connectivity index (χ1n) is 5.92. The number of amides is 1. The van der Waals surface area contributed by atoms with Crippen LogP contribution in [0.4, 0.5) is 5.82 Å². The third-order valence-electron chi connectivity index (χ3n) is 2.42. The van der Waals surface area contributed by atoms with Crippen LogP contribution in [0.2, 0.25) is 0 Å². The highest BCUT2D eigenvalue weighted by molar-refractivity contribution is 5.90. The molecular formula is C11H15N7O2. The van der Waals surface area contributed by atoms with E-state index >= 15 is 0 Å². The van der Waals surface area contributed by atoms with Gasteiger partial charge in [-0.1, -0.05) is 0 Å².